The summed E-state index contributed by atoms with van der Waals surface area (Å²) in [6, 6.07) is 9.89. The highest BCUT2D eigenvalue weighted by atomic mass is 79.9. The number of nitrogen functional groups attached to an aromatic ring is 1. The van der Waals surface area contributed by atoms with Gasteiger partial charge in [-0.1, -0.05) is 22.0 Å². The minimum Gasteiger partial charge on any atom is -0.398 e. The van der Waals surface area contributed by atoms with Crippen LogP contribution >= 0.6 is 15.9 Å². The van der Waals surface area contributed by atoms with Crippen LogP contribution in [0.3, 0.4) is 0 Å². The summed E-state index contributed by atoms with van der Waals surface area (Å²) in [5, 5.41) is 11.7. The molecule has 0 unspecified atom stereocenters. The van der Waals surface area contributed by atoms with E-state index in [9.17, 15) is 4.39 Å². The van der Waals surface area contributed by atoms with Crippen molar-refractivity contribution in [3.8, 4) is 17.1 Å². The van der Waals surface area contributed by atoms with Gasteiger partial charge in [-0.2, -0.15) is 4.68 Å². The van der Waals surface area contributed by atoms with Gasteiger partial charge in [0.2, 0.25) is 0 Å². The summed E-state index contributed by atoms with van der Waals surface area (Å²) in [4.78, 5) is 0. The molecule has 0 atom stereocenters. The largest absolute Gasteiger partial charge is 0.398 e. The summed E-state index contributed by atoms with van der Waals surface area (Å²) in [6.45, 7) is 1.96. The molecule has 0 amide bonds. The standard InChI is InChI=1S/C14H11BrFN5/c1-8-11(15)3-2-4-13(8)21-14(18-19-20-21)10-6-5-9(16)7-12(10)17/h2-7H,17H2,1H3. The smallest absolute Gasteiger partial charge is 0.189 e. The lowest BCUT2D eigenvalue weighted by molar-refractivity contribution is 0.628. The van der Waals surface area contributed by atoms with Gasteiger partial charge in [0.1, 0.15) is 5.82 Å². The van der Waals surface area contributed by atoms with Crippen LogP contribution in [-0.2, 0) is 0 Å². The first-order valence-electron chi connectivity index (χ1n) is 6.17. The zero-order valence-electron chi connectivity index (χ0n) is 11.1. The predicted octanol–water partition coefficient (Wildman–Crippen LogP) is 3.12. The summed E-state index contributed by atoms with van der Waals surface area (Å²) >= 11 is 3.48. The molecule has 2 aromatic carbocycles. The molecule has 0 spiro atoms. The fraction of sp³-hybridized carbons (Fsp3) is 0.0714. The summed E-state index contributed by atoms with van der Waals surface area (Å²) in [7, 11) is 0. The average Bonchev–Trinajstić information content (AvgIpc) is 2.91. The maximum absolute atomic E-state index is 13.2. The molecule has 1 aromatic heterocycles. The Morgan fingerprint density at radius 2 is 2.05 bits per heavy atom. The lowest BCUT2D eigenvalue weighted by Crippen LogP contribution is -2.04. The number of nitrogens with zero attached hydrogens (tertiary/aromatic N) is 4. The number of halogens is 2. The number of rotatable bonds is 2. The Hall–Kier alpha value is -2.28. The molecule has 0 aliphatic carbocycles. The van der Waals surface area contributed by atoms with Crippen LogP contribution in [0.1, 0.15) is 5.56 Å². The van der Waals surface area contributed by atoms with Crippen molar-refractivity contribution in [2.24, 2.45) is 0 Å². The van der Waals surface area contributed by atoms with Gasteiger partial charge in [-0.25, -0.2) is 4.39 Å². The van der Waals surface area contributed by atoms with Gasteiger partial charge in [0.05, 0.1) is 5.69 Å². The predicted molar refractivity (Wildman–Crippen MR) is 81.4 cm³/mol. The first-order chi connectivity index (χ1) is 10.1. The molecule has 21 heavy (non-hydrogen) atoms. The SMILES string of the molecule is Cc1c(Br)cccc1-n1nnnc1-c1ccc(F)cc1N. The number of nitrogens with two attached hydrogens (primary N) is 1. The van der Waals surface area contributed by atoms with Crippen LogP contribution in [0.5, 0.6) is 0 Å². The second-order valence-electron chi connectivity index (χ2n) is 4.53. The Morgan fingerprint density at radius 1 is 1.24 bits per heavy atom. The number of hydrogen-bond donors (Lipinski definition) is 1. The minimum atomic E-state index is -0.395. The number of aromatic nitrogens is 4. The van der Waals surface area contributed by atoms with E-state index in [0.717, 1.165) is 15.7 Å². The Bertz CT molecular complexity index is 815. The van der Waals surface area contributed by atoms with E-state index < -0.39 is 5.82 Å². The molecule has 2 N–H and O–H groups in total. The quantitative estimate of drug-likeness (QED) is 0.723. The van der Waals surface area contributed by atoms with Gasteiger partial charge in [-0.3, -0.25) is 0 Å². The summed E-state index contributed by atoms with van der Waals surface area (Å²) in [5.74, 6) is 0.0719. The van der Waals surface area contributed by atoms with Gasteiger partial charge in [0.15, 0.2) is 5.82 Å². The van der Waals surface area contributed by atoms with Crippen molar-refractivity contribution in [1.82, 2.24) is 20.2 Å². The molecule has 0 saturated heterocycles. The molecule has 0 saturated carbocycles. The topological polar surface area (TPSA) is 69.6 Å². The third kappa shape index (κ3) is 2.40. The summed E-state index contributed by atoms with van der Waals surface area (Å²) < 4.78 is 15.7. The molecular weight excluding hydrogens is 337 g/mol. The van der Waals surface area contributed by atoms with Gasteiger partial charge in [0, 0.05) is 15.7 Å². The van der Waals surface area contributed by atoms with Crippen LogP contribution in [0.4, 0.5) is 10.1 Å². The van der Waals surface area contributed by atoms with E-state index in [-0.39, 0.29) is 0 Å². The molecule has 0 aliphatic rings. The molecule has 7 heteroatoms. The van der Waals surface area contributed by atoms with Crippen molar-refractivity contribution in [3.05, 3.63) is 52.3 Å². The molecule has 0 radical (unpaired) electrons. The fourth-order valence-electron chi connectivity index (χ4n) is 2.08. The normalized spacial score (nSPS) is 10.8. The Balaban J connectivity index is 2.20. The van der Waals surface area contributed by atoms with E-state index in [4.69, 9.17) is 5.73 Å². The van der Waals surface area contributed by atoms with E-state index >= 15 is 0 Å². The van der Waals surface area contributed by atoms with Crippen molar-refractivity contribution in [3.63, 3.8) is 0 Å². The molecule has 5 nitrogen and oxygen atoms in total. The number of hydrogen-bond acceptors (Lipinski definition) is 4. The lowest BCUT2D eigenvalue weighted by Gasteiger charge is -2.10. The lowest BCUT2D eigenvalue weighted by atomic mass is 10.1. The minimum absolute atomic E-state index is 0.290. The average molecular weight is 348 g/mol. The molecule has 3 rings (SSSR count). The van der Waals surface area contributed by atoms with Crippen molar-refractivity contribution in [2.45, 2.75) is 6.92 Å². The van der Waals surface area contributed by atoms with Gasteiger partial charge in [-0.15, -0.1) is 5.10 Å². The highest BCUT2D eigenvalue weighted by molar-refractivity contribution is 9.10. The Labute approximate surface area is 128 Å². The van der Waals surface area contributed by atoms with Crippen LogP contribution in [0, 0.1) is 12.7 Å². The number of benzene rings is 2. The van der Waals surface area contributed by atoms with Crippen molar-refractivity contribution in [2.75, 3.05) is 5.73 Å². The molecule has 3 aromatic rings. The van der Waals surface area contributed by atoms with Gasteiger partial charge in [0.25, 0.3) is 0 Å². The van der Waals surface area contributed by atoms with Gasteiger partial charge >= 0.3 is 0 Å². The van der Waals surface area contributed by atoms with Crippen molar-refractivity contribution >= 4 is 21.6 Å². The maximum Gasteiger partial charge on any atom is 0.189 e. The number of tetrazole rings is 1. The second kappa shape index (κ2) is 5.25. The molecule has 0 aliphatic heterocycles. The highest BCUT2D eigenvalue weighted by Crippen LogP contribution is 2.28. The first kappa shape index (κ1) is 13.7. The Morgan fingerprint density at radius 3 is 2.81 bits per heavy atom. The number of anilines is 1. The van der Waals surface area contributed by atoms with Crippen LogP contribution in [-0.4, -0.2) is 20.2 Å². The van der Waals surface area contributed by atoms with E-state index in [2.05, 4.69) is 31.5 Å². The maximum atomic E-state index is 13.2. The molecule has 1 heterocycles. The summed E-state index contributed by atoms with van der Waals surface area (Å²) in [6.07, 6.45) is 0. The monoisotopic (exact) mass is 347 g/mol. The van der Waals surface area contributed by atoms with Crippen molar-refractivity contribution < 1.29 is 4.39 Å². The fourth-order valence-corrected chi connectivity index (χ4v) is 2.44. The zero-order valence-corrected chi connectivity index (χ0v) is 12.7. The van der Waals surface area contributed by atoms with E-state index in [1.54, 1.807) is 10.7 Å². The molecule has 106 valence electrons. The third-order valence-corrected chi connectivity index (χ3v) is 4.05. The first-order valence-corrected chi connectivity index (χ1v) is 6.96. The Kier molecular flexibility index (Phi) is 3.42. The third-order valence-electron chi connectivity index (χ3n) is 3.19. The zero-order chi connectivity index (χ0) is 15.0. The van der Waals surface area contributed by atoms with Crippen LogP contribution in [0.25, 0.3) is 17.1 Å². The highest BCUT2D eigenvalue weighted by Gasteiger charge is 2.16. The molecule has 0 bridgehead atoms. The van der Waals surface area contributed by atoms with Gasteiger partial charge < -0.3 is 5.73 Å². The molecular formula is C14H11BrFN5. The van der Waals surface area contributed by atoms with E-state index in [1.807, 2.05) is 25.1 Å². The van der Waals surface area contributed by atoms with E-state index in [0.29, 0.717) is 17.1 Å². The summed E-state index contributed by atoms with van der Waals surface area (Å²) in [5.41, 5.74) is 8.56. The van der Waals surface area contributed by atoms with Gasteiger partial charge in [-0.05, 0) is 53.2 Å². The van der Waals surface area contributed by atoms with Crippen molar-refractivity contribution in [1.29, 1.82) is 0 Å². The molecule has 0 fully saturated rings. The van der Waals surface area contributed by atoms with E-state index in [1.165, 1.54) is 12.1 Å². The van der Waals surface area contributed by atoms with Crippen LogP contribution in [0.15, 0.2) is 40.9 Å². The van der Waals surface area contributed by atoms with Crippen LogP contribution in [0.2, 0.25) is 0 Å². The second-order valence-corrected chi connectivity index (χ2v) is 5.38. The van der Waals surface area contributed by atoms with Crippen LogP contribution < -0.4 is 5.73 Å².